The summed E-state index contributed by atoms with van der Waals surface area (Å²) >= 11 is 1.51. The van der Waals surface area contributed by atoms with Crippen LogP contribution in [0.25, 0.3) is 0 Å². The Labute approximate surface area is 121 Å². The van der Waals surface area contributed by atoms with Crippen molar-refractivity contribution in [3.8, 4) is 0 Å². The van der Waals surface area contributed by atoms with Crippen LogP contribution < -0.4 is 0 Å². The van der Waals surface area contributed by atoms with Gasteiger partial charge in [0.1, 0.15) is 0 Å². The second-order valence-electron chi connectivity index (χ2n) is 4.26. The molecule has 0 aromatic heterocycles. The maximum Gasteiger partial charge on any atom is 0.273 e. The van der Waals surface area contributed by atoms with Crippen LogP contribution in [0.2, 0.25) is 0 Å². The fourth-order valence-electron chi connectivity index (χ4n) is 2.07. The zero-order valence-electron chi connectivity index (χ0n) is 11.3. The molecule has 1 aliphatic heterocycles. The molecular weight excluding hydrogens is 278 g/mol. The fraction of sp³-hybridized carbons (Fsp3) is 0.385. The molecule has 1 amide bonds. The Bertz CT molecular complexity index is 586. The Balaban J connectivity index is 2.33. The number of thioether (sulfide) groups is 1. The summed E-state index contributed by atoms with van der Waals surface area (Å²) in [5, 5.41) is 11.6. The molecule has 7 heteroatoms. The first-order valence-corrected chi connectivity index (χ1v) is 7.28. The summed E-state index contributed by atoms with van der Waals surface area (Å²) in [6.45, 7) is 4.71. The zero-order valence-corrected chi connectivity index (χ0v) is 12.1. The topological polar surface area (TPSA) is 75.8 Å². The Hall–Kier alpha value is -1.89. The Morgan fingerprint density at radius 2 is 2.30 bits per heavy atom. The second-order valence-corrected chi connectivity index (χ2v) is 5.49. The number of nitro benzene ring substituents is 1. The van der Waals surface area contributed by atoms with Crippen LogP contribution in [0.15, 0.2) is 23.2 Å². The van der Waals surface area contributed by atoms with E-state index in [1.807, 2.05) is 6.92 Å². The van der Waals surface area contributed by atoms with Crippen LogP contribution >= 0.6 is 11.8 Å². The predicted octanol–water partition coefficient (Wildman–Crippen LogP) is 2.47. The molecule has 6 nitrogen and oxygen atoms in total. The van der Waals surface area contributed by atoms with E-state index >= 15 is 0 Å². The Morgan fingerprint density at radius 1 is 1.55 bits per heavy atom. The van der Waals surface area contributed by atoms with Gasteiger partial charge in [-0.25, -0.2) is 0 Å². The molecule has 1 aromatic rings. The van der Waals surface area contributed by atoms with Gasteiger partial charge in [-0.3, -0.25) is 24.8 Å². The van der Waals surface area contributed by atoms with Crippen LogP contribution in [0.3, 0.4) is 0 Å². The summed E-state index contributed by atoms with van der Waals surface area (Å²) in [6.07, 6.45) is 0. The van der Waals surface area contributed by atoms with Crippen molar-refractivity contribution >= 4 is 28.5 Å². The minimum absolute atomic E-state index is 0.0309. The van der Waals surface area contributed by atoms with Gasteiger partial charge in [0, 0.05) is 23.7 Å². The number of hydrogen-bond acceptors (Lipinski definition) is 5. The van der Waals surface area contributed by atoms with Gasteiger partial charge in [0.05, 0.1) is 11.5 Å². The SMILES string of the molecule is CCSC1=NCCN1C(=O)c1cccc([N+](=O)[O-])c1C. The summed E-state index contributed by atoms with van der Waals surface area (Å²) in [6, 6.07) is 4.57. The number of amides is 1. The van der Waals surface area contributed by atoms with Crippen molar-refractivity contribution in [2.75, 3.05) is 18.8 Å². The third-order valence-electron chi connectivity index (χ3n) is 3.05. The third kappa shape index (κ3) is 2.67. The minimum atomic E-state index is -0.466. The molecule has 0 N–H and O–H groups in total. The van der Waals surface area contributed by atoms with E-state index in [0.29, 0.717) is 29.4 Å². The number of nitrogens with zero attached hydrogens (tertiary/aromatic N) is 3. The molecule has 1 heterocycles. The highest BCUT2D eigenvalue weighted by Gasteiger charge is 2.27. The van der Waals surface area contributed by atoms with Crippen molar-refractivity contribution in [3.05, 3.63) is 39.4 Å². The minimum Gasteiger partial charge on any atom is -0.286 e. The highest BCUT2D eigenvalue weighted by Crippen LogP contribution is 2.24. The quantitative estimate of drug-likeness (QED) is 0.633. The van der Waals surface area contributed by atoms with Crippen LogP contribution in [0, 0.1) is 17.0 Å². The van der Waals surface area contributed by atoms with Crippen LogP contribution in [-0.4, -0.2) is 39.7 Å². The Kier molecular flexibility index (Phi) is 4.39. The lowest BCUT2D eigenvalue weighted by atomic mass is 10.1. The smallest absolute Gasteiger partial charge is 0.273 e. The molecule has 0 saturated carbocycles. The standard InChI is InChI=1S/C13H15N3O3S/c1-3-20-13-14-7-8-15(13)12(17)10-5-4-6-11(9(10)2)16(18)19/h4-6H,3,7-8H2,1-2H3. The van der Waals surface area contributed by atoms with E-state index in [9.17, 15) is 14.9 Å². The molecule has 0 bridgehead atoms. The van der Waals surface area contributed by atoms with Crippen molar-refractivity contribution in [1.29, 1.82) is 0 Å². The number of benzene rings is 1. The van der Waals surface area contributed by atoms with E-state index in [1.54, 1.807) is 17.9 Å². The summed E-state index contributed by atoms with van der Waals surface area (Å²) in [7, 11) is 0. The summed E-state index contributed by atoms with van der Waals surface area (Å²) < 4.78 is 0. The molecule has 0 spiro atoms. The highest BCUT2D eigenvalue weighted by molar-refractivity contribution is 8.13. The number of hydrogen-bond donors (Lipinski definition) is 0. The summed E-state index contributed by atoms with van der Waals surface area (Å²) in [5.74, 6) is 0.611. The first-order chi connectivity index (χ1) is 9.56. The van der Waals surface area contributed by atoms with E-state index in [0.717, 1.165) is 5.75 Å². The van der Waals surface area contributed by atoms with E-state index in [2.05, 4.69) is 4.99 Å². The largest absolute Gasteiger partial charge is 0.286 e. The van der Waals surface area contributed by atoms with Gasteiger partial charge in [0.2, 0.25) is 0 Å². The normalized spacial score (nSPS) is 14.3. The molecule has 0 saturated heterocycles. The highest BCUT2D eigenvalue weighted by atomic mass is 32.2. The van der Waals surface area contributed by atoms with Crippen molar-refractivity contribution < 1.29 is 9.72 Å². The molecule has 0 radical (unpaired) electrons. The second kappa shape index (κ2) is 6.04. The molecule has 0 unspecified atom stereocenters. The average molecular weight is 293 g/mol. The van der Waals surface area contributed by atoms with Crippen LogP contribution in [0.1, 0.15) is 22.8 Å². The third-order valence-corrected chi connectivity index (χ3v) is 3.95. The van der Waals surface area contributed by atoms with Gasteiger partial charge in [-0.05, 0) is 18.7 Å². The van der Waals surface area contributed by atoms with Gasteiger partial charge in [-0.1, -0.05) is 24.8 Å². The van der Waals surface area contributed by atoms with Gasteiger partial charge < -0.3 is 0 Å². The van der Waals surface area contributed by atoms with Crippen molar-refractivity contribution in [2.24, 2.45) is 4.99 Å². The van der Waals surface area contributed by atoms with E-state index in [1.165, 1.54) is 23.9 Å². The van der Waals surface area contributed by atoms with Crippen molar-refractivity contribution in [1.82, 2.24) is 4.90 Å². The van der Waals surface area contributed by atoms with Crippen LogP contribution in [0.5, 0.6) is 0 Å². The Morgan fingerprint density at radius 3 is 2.95 bits per heavy atom. The van der Waals surface area contributed by atoms with E-state index < -0.39 is 4.92 Å². The molecule has 1 aliphatic rings. The number of carbonyl (C=O) groups excluding carboxylic acids is 1. The summed E-state index contributed by atoms with van der Waals surface area (Å²) in [5.41, 5.74) is 0.734. The molecule has 1 aromatic carbocycles. The number of rotatable bonds is 3. The van der Waals surface area contributed by atoms with Gasteiger partial charge in [0.25, 0.3) is 11.6 Å². The maximum atomic E-state index is 12.5. The zero-order chi connectivity index (χ0) is 14.7. The van der Waals surface area contributed by atoms with Gasteiger partial charge in [0.15, 0.2) is 5.17 Å². The number of aliphatic imine (C=N–C) groups is 1. The average Bonchev–Trinajstić information content (AvgIpc) is 2.86. The first kappa shape index (κ1) is 14.5. The number of amidine groups is 1. The molecule has 0 aliphatic carbocycles. The monoisotopic (exact) mass is 293 g/mol. The van der Waals surface area contributed by atoms with Crippen molar-refractivity contribution in [2.45, 2.75) is 13.8 Å². The van der Waals surface area contributed by atoms with E-state index in [-0.39, 0.29) is 11.6 Å². The fourth-order valence-corrected chi connectivity index (χ4v) is 2.84. The van der Waals surface area contributed by atoms with Gasteiger partial charge >= 0.3 is 0 Å². The van der Waals surface area contributed by atoms with E-state index in [4.69, 9.17) is 0 Å². The van der Waals surface area contributed by atoms with Crippen LogP contribution in [0.4, 0.5) is 5.69 Å². The first-order valence-electron chi connectivity index (χ1n) is 6.29. The summed E-state index contributed by atoms with van der Waals surface area (Å²) in [4.78, 5) is 28.9. The maximum absolute atomic E-state index is 12.5. The van der Waals surface area contributed by atoms with Gasteiger partial charge in [-0.2, -0.15) is 0 Å². The molecular formula is C13H15N3O3S. The lowest BCUT2D eigenvalue weighted by Crippen LogP contribution is -2.33. The molecule has 20 heavy (non-hydrogen) atoms. The molecule has 0 atom stereocenters. The number of nitro groups is 1. The molecule has 106 valence electrons. The molecule has 0 fully saturated rings. The lowest BCUT2D eigenvalue weighted by molar-refractivity contribution is -0.385. The number of carbonyl (C=O) groups is 1. The lowest BCUT2D eigenvalue weighted by Gasteiger charge is -2.18. The predicted molar refractivity (Wildman–Crippen MR) is 79.3 cm³/mol. The van der Waals surface area contributed by atoms with Crippen molar-refractivity contribution in [3.63, 3.8) is 0 Å². The molecule has 2 rings (SSSR count). The van der Waals surface area contributed by atoms with Crippen LogP contribution in [-0.2, 0) is 0 Å². The van der Waals surface area contributed by atoms with Gasteiger partial charge in [-0.15, -0.1) is 0 Å².